The van der Waals surface area contributed by atoms with Crippen LogP contribution in [0.25, 0.3) is 0 Å². The number of carbonyl (C=O) groups excluding carboxylic acids is 1. The van der Waals surface area contributed by atoms with E-state index in [9.17, 15) is 9.59 Å². The predicted octanol–water partition coefficient (Wildman–Crippen LogP) is 2.17. The normalized spacial score (nSPS) is 13.5. The topological polar surface area (TPSA) is 69.6 Å². The molecule has 5 heteroatoms. The number of benzene rings is 1. The summed E-state index contributed by atoms with van der Waals surface area (Å²) >= 11 is 0. The average Bonchev–Trinajstić information content (AvgIpc) is 2.37. The molecular formula is C14H20N2O3. The molecule has 0 aliphatic heterocycles. The third kappa shape index (κ3) is 3.71. The Hall–Kier alpha value is -2.04. The molecule has 2 unspecified atom stereocenters. The molecule has 1 aromatic rings. The summed E-state index contributed by atoms with van der Waals surface area (Å²) in [6.45, 7) is 5.32. The van der Waals surface area contributed by atoms with Crippen LogP contribution in [0.3, 0.4) is 0 Å². The molecular weight excluding hydrogens is 244 g/mol. The van der Waals surface area contributed by atoms with Crippen LogP contribution < -0.4 is 5.32 Å². The highest BCUT2D eigenvalue weighted by Crippen LogP contribution is 2.16. The first-order valence-corrected chi connectivity index (χ1v) is 6.16. The molecule has 0 radical (unpaired) electrons. The smallest absolute Gasteiger partial charge is 0.326 e. The van der Waals surface area contributed by atoms with Crippen LogP contribution in [-0.4, -0.2) is 35.1 Å². The largest absolute Gasteiger partial charge is 0.480 e. The van der Waals surface area contributed by atoms with Gasteiger partial charge in [-0.05, 0) is 31.9 Å². The van der Waals surface area contributed by atoms with Gasteiger partial charge in [0.05, 0.1) is 6.04 Å². The van der Waals surface area contributed by atoms with Gasteiger partial charge in [0.2, 0.25) is 0 Å². The first kappa shape index (κ1) is 15.0. The monoisotopic (exact) mass is 264 g/mol. The molecule has 19 heavy (non-hydrogen) atoms. The number of carboxylic acids is 1. The quantitative estimate of drug-likeness (QED) is 0.875. The standard InChI is InChI=1S/C14H20N2O3/c1-9-7-5-6-8-12(9)10(2)15-14(19)16(4)11(3)13(17)18/h5-8,10-11H,1-4H3,(H,15,19)(H,17,18). The Kier molecular flexibility index (Phi) is 4.92. The van der Waals surface area contributed by atoms with E-state index >= 15 is 0 Å². The van der Waals surface area contributed by atoms with Crippen molar-refractivity contribution < 1.29 is 14.7 Å². The molecule has 0 saturated heterocycles. The Morgan fingerprint density at radius 3 is 2.37 bits per heavy atom. The van der Waals surface area contributed by atoms with E-state index < -0.39 is 18.0 Å². The van der Waals surface area contributed by atoms with Crippen LogP contribution >= 0.6 is 0 Å². The molecule has 1 rings (SSSR count). The van der Waals surface area contributed by atoms with Gasteiger partial charge in [0.1, 0.15) is 6.04 Å². The third-order valence-corrected chi connectivity index (χ3v) is 3.25. The van der Waals surface area contributed by atoms with E-state index in [0.29, 0.717) is 0 Å². The number of hydrogen-bond acceptors (Lipinski definition) is 2. The van der Waals surface area contributed by atoms with E-state index in [1.54, 1.807) is 0 Å². The Balaban J connectivity index is 2.72. The zero-order valence-electron chi connectivity index (χ0n) is 11.7. The summed E-state index contributed by atoms with van der Waals surface area (Å²) in [6.07, 6.45) is 0. The van der Waals surface area contributed by atoms with Gasteiger partial charge >= 0.3 is 12.0 Å². The molecule has 2 atom stereocenters. The van der Waals surface area contributed by atoms with Gasteiger partial charge in [-0.2, -0.15) is 0 Å². The van der Waals surface area contributed by atoms with Crippen molar-refractivity contribution in [3.63, 3.8) is 0 Å². The number of hydrogen-bond donors (Lipinski definition) is 2. The molecule has 0 fully saturated rings. The van der Waals surface area contributed by atoms with Crippen LogP contribution in [0.5, 0.6) is 0 Å². The van der Waals surface area contributed by atoms with Crippen molar-refractivity contribution in [1.82, 2.24) is 10.2 Å². The van der Waals surface area contributed by atoms with E-state index in [-0.39, 0.29) is 6.04 Å². The van der Waals surface area contributed by atoms with Crippen LogP contribution in [0.2, 0.25) is 0 Å². The lowest BCUT2D eigenvalue weighted by Crippen LogP contribution is -2.46. The fourth-order valence-electron chi connectivity index (χ4n) is 1.78. The van der Waals surface area contributed by atoms with E-state index in [1.807, 2.05) is 38.1 Å². The highest BCUT2D eigenvalue weighted by molar-refractivity contribution is 5.82. The minimum Gasteiger partial charge on any atom is -0.480 e. The maximum absolute atomic E-state index is 11.9. The number of amides is 2. The number of aryl methyl sites for hydroxylation is 1. The van der Waals surface area contributed by atoms with Gasteiger partial charge < -0.3 is 15.3 Å². The van der Waals surface area contributed by atoms with Crippen molar-refractivity contribution in [1.29, 1.82) is 0 Å². The number of carboxylic acid groups (broad SMARTS) is 1. The summed E-state index contributed by atoms with van der Waals surface area (Å²) in [6, 6.07) is 6.34. The number of urea groups is 1. The highest BCUT2D eigenvalue weighted by Gasteiger charge is 2.23. The molecule has 0 bridgehead atoms. The predicted molar refractivity (Wildman–Crippen MR) is 73.0 cm³/mol. The second-order valence-electron chi connectivity index (χ2n) is 4.65. The molecule has 1 aromatic carbocycles. The Morgan fingerprint density at radius 2 is 1.84 bits per heavy atom. The van der Waals surface area contributed by atoms with Crippen LogP contribution in [0.15, 0.2) is 24.3 Å². The Morgan fingerprint density at radius 1 is 1.26 bits per heavy atom. The van der Waals surface area contributed by atoms with Gasteiger partial charge in [-0.25, -0.2) is 9.59 Å². The summed E-state index contributed by atoms with van der Waals surface area (Å²) < 4.78 is 0. The molecule has 5 nitrogen and oxygen atoms in total. The zero-order chi connectivity index (χ0) is 14.6. The summed E-state index contributed by atoms with van der Waals surface area (Å²) in [4.78, 5) is 23.9. The summed E-state index contributed by atoms with van der Waals surface area (Å²) in [5.74, 6) is -1.03. The molecule has 2 N–H and O–H groups in total. The Bertz CT molecular complexity index is 474. The Labute approximate surface area is 113 Å². The summed E-state index contributed by atoms with van der Waals surface area (Å²) in [5, 5.41) is 11.7. The molecule has 0 aliphatic rings. The number of carbonyl (C=O) groups is 2. The van der Waals surface area contributed by atoms with Crippen molar-refractivity contribution in [3.05, 3.63) is 35.4 Å². The van der Waals surface area contributed by atoms with Gasteiger partial charge in [0, 0.05) is 7.05 Å². The van der Waals surface area contributed by atoms with Gasteiger partial charge in [-0.1, -0.05) is 24.3 Å². The highest BCUT2D eigenvalue weighted by atomic mass is 16.4. The second kappa shape index (κ2) is 6.22. The fraction of sp³-hybridized carbons (Fsp3) is 0.429. The van der Waals surface area contributed by atoms with Crippen molar-refractivity contribution >= 4 is 12.0 Å². The molecule has 0 heterocycles. The zero-order valence-corrected chi connectivity index (χ0v) is 11.7. The van der Waals surface area contributed by atoms with Crippen molar-refractivity contribution in [2.24, 2.45) is 0 Å². The van der Waals surface area contributed by atoms with E-state index in [1.165, 1.54) is 18.9 Å². The molecule has 0 saturated carbocycles. The van der Waals surface area contributed by atoms with E-state index in [2.05, 4.69) is 5.32 Å². The fourth-order valence-corrected chi connectivity index (χ4v) is 1.78. The molecule has 0 aromatic heterocycles. The van der Waals surface area contributed by atoms with Crippen molar-refractivity contribution in [2.45, 2.75) is 32.9 Å². The van der Waals surface area contributed by atoms with Gasteiger partial charge in [0.15, 0.2) is 0 Å². The molecule has 0 spiro atoms. The first-order valence-electron chi connectivity index (χ1n) is 6.16. The van der Waals surface area contributed by atoms with Crippen LogP contribution in [0, 0.1) is 6.92 Å². The minimum absolute atomic E-state index is 0.169. The number of nitrogens with one attached hydrogen (secondary N) is 1. The number of aliphatic carboxylic acids is 1. The molecule has 0 aliphatic carbocycles. The van der Waals surface area contributed by atoms with Crippen LogP contribution in [-0.2, 0) is 4.79 Å². The van der Waals surface area contributed by atoms with Gasteiger partial charge in [0.25, 0.3) is 0 Å². The van der Waals surface area contributed by atoms with E-state index in [0.717, 1.165) is 11.1 Å². The summed E-state index contributed by atoms with van der Waals surface area (Å²) in [7, 11) is 1.47. The third-order valence-electron chi connectivity index (χ3n) is 3.25. The number of rotatable bonds is 4. The van der Waals surface area contributed by atoms with Crippen LogP contribution in [0.1, 0.15) is 31.0 Å². The van der Waals surface area contributed by atoms with Gasteiger partial charge in [-0.3, -0.25) is 0 Å². The number of likely N-dealkylation sites (N-methyl/N-ethyl adjacent to an activating group) is 1. The van der Waals surface area contributed by atoms with E-state index in [4.69, 9.17) is 5.11 Å². The SMILES string of the molecule is Cc1ccccc1C(C)NC(=O)N(C)C(C)C(=O)O. The van der Waals surface area contributed by atoms with Crippen molar-refractivity contribution in [3.8, 4) is 0 Å². The van der Waals surface area contributed by atoms with Crippen molar-refractivity contribution in [2.75, 3.05) is 7.05 Å². The number of nitrogens with zero attached hydrogens (tertiary/aromatic N) is 1. The first-order chi connectivity index (χ1) is 8.84. The lowest BCUT2D eigenvalue weighted by molar-refractivity contribution is -0.141. The lowest BCUT2D eigenvalue weighted by Gasteiger charge is -2.25. The molecule has 2 amide bonds. The maximum atomic E-state index is 11.9. The lowest BCUT2D eigenvalue weighted by atomic mass is 10.0. The van der Waals surface area contributed by atoms with Crippen LogP contribution in [0.4, 0.5) is 4.79 Å². The average molecular weight is 264 g/mol. The maximum Gasteiger partial charge on any atom is 0.326 e. The second-order valence-corrected chi connectivity index (χ2v) is 4.65. The minimum atomic E-state index is -1.03. The molecule has 104 valence electrons. The van der Waals surface area contributed by atoms with Gasteiger partial charge in [-0.15, -0.1) is 0 Å². The summed E-state index contributed by atoms with van der Waals surface area (Å²) in [5.41, 5.74) is 2.11.